The zero-order chi connectivity index (χ0) is 11.7. The fourth-order valence-electron chi connectivity index (χ4n) is 1.53. The second-order valence-corrected chi connectivity index (χ2v) is 4.20. The standard InChI is InChI=1S/C11H9BrFNO2/c1-16-11(15)6-14-3-2-7-4-9(13)8(12)5-10(7)14/h2-5H,6H2,1H3. The molecule has 1 heterocycles. The molecule has 0 N–H and O–H groups in total. The minimum absolute atomic E-state index is 0.123. The van der Waals surface area contributed by atoms with Crippen molar-refractivity contribution < 1.29 is 13.9 Å². The minimum atomic E-state index is -0.335. The first-order valence-corrected chi connectivity index (χ1v) is 5.42. The number of aromatic nitrogens is 1. The predicted molar refractivity (Wildman–Crippen MR) is 61.6 cm³/mol. The summed E-state index contributed by atoms with van der Waals surface area (Å²) in [6, 6.07) is 4.83. The van der Waals surface area contributed by atoms with Gasteiger partial charge in [0, 0.05) is 17.1 Å². The summed E-state index contributed by atoms with van der Waals surface area (Å²) in [5.74, 6) is -0.652. The van der Waals surface area contributed by atoms with Gasteiger partial charge in [0.2, 0.25) is 0 Å². The van der Waals surface area contributed by atoms with Gasteiger partial charge in [-0.25, -0.2) is 4.39 Å². The summed E-state index contributed by atoms with van der Waals surface area (Å²) < 4.78 is 19.9. The van der Waals surface area contributed by atoms with Crippen molar-refractivity contribution in [3.05, 3.63) is 34.7 Å². The molecular weight excluding hydrogens is 277 g/mol. The van der Waals surface area contributed by atoms with Gasteiger partial charge < -0.3 is 9.30 Å². The fourth-order valence-corrected chi connectivity index (χ4v) is 1.86. The largest absolute Gasteiger partial charge is 0.468 e. The van der Waals surface area contributed by atoms with Gasteiger partial charge in [-0.1, -0.05) is 0 Å². The van der Waals surface area contributed by atoms with Crippen LogP contribution in [0.4, 0.5) is 4.39 Å². The number of ether oxygens (including phenoxy) is 1. The molecule has 2 aromatic rings. The molecule has 2 rings (SSSR count). The molecule has 0 amide bonds. The van der Waals surface area contributed by atoms with Crippen LogP contribution >= 0.6 is 15.9 Å². The van der Waals surface area contributed by atoms with Crippen LogP contribution in [0.15, 0.2) is 28.9 Å². The number of fused-ring (bicyclic) bond motifs is 1. The van der Waals surface area contributed by atoms with Crippen molar-refractivity contribution in [3.63, 3.8) is 0 Å². The van der Waals surface area contributed by atoms with Crippen molar-refractivity contribution in [3.8, 4) is 0 Å². The fraction of sp³-hybridized carbons (Fsp3) is 0.182. The van der Waals surface area contributed by atoms with E-state index in [1.54, 1.807) is 22.9 Å². The first-order valence-electron chi connectivity index (χ1n) is 4.62. The lowest BCUT2D eigenvalue weighted by Crippen LogP contribution is -2.10. The molecule has 3 nitrogen and oxygen atoms in total. The highest BCUT2D eigenvalue weighted by molar-refractivity contribution is 9.10. The third-order valence-electron chi connectivity index (χ3n) is 2.34. The molecule has 0 aliphatic heterocycles. The molecule has 0 saturated carbocycles. The number of hydrogen-bond donors (Lipinski definition) is 0. The average molecular weight is 286 g/mol. The maximum Gasteiger partial charge on any atom is 0.325 e. The van der Waals surface area contributed by atoms with Gasteiger partial charge in [-0.15, -0.1) is 0 Å². The highest BCUT2D eigenvalue weighted by atomic mass is 79.9. The lowest BCUT2D eigenvalue weighted by atomic mass is 10.2. The summed E-state index contributed by atoms with van der Waals surface area (Å²) in [6.07, 6.45) is 1.73. The van der Waals surface area contributed by atoms with E-state index in [0.29, 0.717) is 4.47 Å². The molecule has 0 bridgehead atoms. The van der Waals surface area contributed by atoms with E-state index in [0.717, 1.165) is 10.9 Å². The molecule has 1 aromatic heterocycles. The van der Waals surface area contributed by atoms with Gasteiger partial charge in [0.25, 0.3) is 0 Å². The van der Waals surface area contributed by atoms with E-state index in [2.05, 4.69) is 20.7 Å². The number of methoxy groups -OCH3 is 1. The van der Waals surface area contributed by atoms with E-state index in [1.165, 1.54) is 13.2 Å². The number of carbonyl (C=O) groups is 1. The zero-order valence-corrected chi connectivity index (χ0v) is 10.1. The molecular formula is C11H9BrFNO2. The van der Waals surface area contributed by atoms with Crippen LogP contribution in [0.1, 0.15) is 0 Å². The van der Waals surface area contributed by atoms with E-state index >= 15 is 0 Å². The summed E-state index contributed by atoms with van der Waals surface area (Å²) in [4.78, 5) is 11.1. The molecule has 0 radical (unpaired) electrons. The van der Waals surface area contributed by atoms with Crippen LogP contribution in [0.25, 0.3) is 10.9 Å². The summed E-state index contributed by atoms with van der Waals surface area (Å²) >= 11 is 3.11. The third-order valence-corrected chi connectivity index (χ3v) is 2.95. The van der Waals surface area contributed by atoms with Crippen molar-refractivity contribution in [1.82, 2.24) is 4.57 Å². The molecule has 1 aromatic carbocycles. The molecule has 0 spiro atoms. The molecule has 0 unspecified atom stereocenters. The maximum atomic E-state index is 13.2. The third kappa shape index (κ3) is 1.95. The topological polar surface area (TPSA) is 31.2 Å². The molecule has 0 saturated heterocycles. The van der Waals surface area contributed by atoms with Gasteiger partial charge in [-0.05, 0) is 34.1 Å². The Hall–Kier alpha value is -1.36. The van der Waals surface area contributed by atoms with Crippen LogP contribution in [0.3, 0.4) is 0 Å². The minimum Gasteiger partial charge on any atom is -0.468 e. The average Bonchev–Trinajstić information content (AvgIpc) is 2.62. The maximum absolute atomic E-state index is 13.2. The number of carbonyl (C=O) groups excluding carboxylic acids is 1. The van der Waals surface area contributed by atoms with E-state index in [-0.39, 0.29) is 18.3 Å². The molecule has 0 aliphatic rings. The summed E-state index contributed by atoms with van der Waals surface area (Å²) in [6.45, 7) is 0.123. The first-order chi connectivity index (χ1) is 7.61. The summed E-state index contributed by atoms with van der Waals surface area (Å²) in [7, 11) is 1.34. The Morgan fingerprint density at radius 3 is 3.00 bits per heavy atom. The highest BCUT2D eigenvalue weighted by Gasteiger charge is 2.08. The van der Waals surface area contributed by atoms with Crippen molar-refractivity contribution in [2.75, 3.05) is 7.11 Å². The van der Waals surface area contributed by atoms with Crippen LogP contribution in [0.2, 0.25) is 0 Å². The summed E-state index contributed by atoms with van der Waals surface area (Å²) in [5.41, 5.74) is 0.790. The molecule has 0 fully saturated rings. The van der Waals surface area contributed by atoms with Gasteiger partial charge in [0.1, 0.15) is 12.4 Å². The Balaban J connectivity index is 2.48. The normalized spacial score (nSPS) is 10.7. The Labute approximate surface area is 99.9 Å². The molecule has 5 heteroatoms. The number of rotatable bonds is 2. The van der Waals surface area contributed by atoms with Gasteiger partial charge >= 0.3 is 5.97 Å². The lowest BCUT2D eigenvalue weighted by Gasteiger charge is -2.04. The van der Waals surface area contributed by atoms with Crippen LogP contribution in [0.5, 0.6) is 0 Å². The van der Waals surface area contributed by atoms with E-state index < -0.39 is 0 Å². The predicted octanol–water partition coefficient (Wildman–Crippen LogP) is 2.72. The van der Waals surface area contributed by atoms with Crippen molar-refractivity contribution in [2.24, 2.45) is 0 Å². The molecule has 84 valence electrons. The second kappa shape index (κ2) is 4.25. The van der Waals surface area contributed by atoms with Gasteiger partial charge in [-0.2, -0.15) is 0 Å². The monoisotopic (exact) mass is 285 g/mol. The SMILES string of the molecule is COC(=O)Cn1ccc2cc(F)c(Br)cc21. The first kappa shape index (κ1) is 11.1. The van der Waals surface area contributed by atoms with Gasteiger partial charge in [0.15, 0.2) is 0 Å². The van der Waals surface area contributed by atoms with Gasteiger partial charge in [0.05, 0.1) is 11.6 Å². The number of halogens is 2. The number of esters is 1. The second-order valence-electron chi connectivity index (χ2n) is 3.34. The van der Waals surface area contributed by atoms with Crippen molar-refractivity contribution >= 4 is 32.8 Å². The summed E-state index contributed by atoms with van der Waals surface area (Å²) in [5, 5.41) is 0.754. The Kier molecular flexibility index (Phi) is 2.96. The van der Waals surface area contributed by atoms with E-state index in [9.17, 15) is 9.18 Å². The smallest absolute Gasteiger partial charge is 0.325 e. The quantitative estimate of drug-likeness (QED) is 0.795. The molecule has 16 heavy (non-hydrogen) atoms. The highest BCUT2D eigenvalue weighted by Crippen LogP contribution is 2.24. The van der Waals surface area contributed by atoms with Crippen LogP contribution in [-0.2, 0) is 16.1 Å². The number of hydrogen-bond acceptors (Lipinski definition) is 2. The number of nitrogens with zero attached hydrogens (tertiary/aromatic N) is 1. The Morgan fingerprint density at radius 1 is 1.56 bits per heavy atom. The van der Waals surface area contributed by atoms with Crippen molar-refractivity contribution in [2.45, 2.75) is 6.54 Å². The van der Waals surface area contributed by atoms with E-state index in [4.69, 9.17) is 0 Å². The van der Waals surface area contributed by atoms with Crippen LogP contribution in [0, 0.1) is 5.82 Å². The zero-order valence-electron chi connectivity index (χ0n) is 8.54. The van der Waals surface area contributed by atoms with Gasteiger partial charge in [-0.3, -0.25) is 4.79 Å². The number of benzene rings is 1. The Bertz CT molecular complexity index is 550. The van der Waals surface area contributed by atoms with Crippen LogP contribution < -0.4 is 0 Å². The van der Waals surface area contributed by atoms with Crippen LogP contribution in [-0.4, -0.2) is 17.6 Å². The lowest BCUT2D eigenvalue weighted by molar-refractivity contribution is -0.141. The molecule has 0 atom stereocenters. The molecule has 0 aliphatic carbocycles. The Morgan fingerprint density at radius 2 is 2.31 bits per heavy atom. The van der Waals surface area contributed by atoms with E-state index in [1.807, 2.05) is 0 Å². The van der Waals surface area contributed by atoms with Crippen molar-refractivity contribution in [1.29, 1.82) is 0 Å².